The molecule has 2 nitrogen and oxygen atoms in total. The van der Waals surface area contributed by atoms with Crippen molar-refractivity contribution in [2.45, 2.75) is 163 Å². The first-order valence-electron chi connectivity index (χ1n) is 28.4. The number of fused-ring (bicyclic) bond motifs is 14. The first-order chi connectivity index (χ1) is 35.5. The van der Waals surface area contributed by atoms with Gasteiger partial charge in [0.2, 0.25) is 0 Å². The highest BCUT2D eigenvalue weighted by molar-refractivity contribution is 7.00. The van der Waals surface area contributed by atoms with E-state index >= 15 is 0 Å². The highest BCUT2D eigenvalue weighted by Gasteiger charge is 2.56. The SMILES string of the molecule is CC(C)(C)c1ccc2c(c1)C1(c3cc(C(C)(C)C)ccc3-2)c2cc(-c3ccccc3)c3c4c2-n2c5c(cc(C(C)(C)C)cc5c5cc(C(C)(C)C)cc1c52)B4c1cc(C(C)(C)C)cc2c4cc(C(C)(C)C)ccc4n-3c12. The Balaban J connectivity index is 1.31. The Hall–Kier alpha value is -6.58. The molecule has 5 heterocycles. The van der Waals surface area contributed by atoms with Gasteiger partial charge in [-0.1, -0.05) is 216 Å². The minimum atomic E-state index is -0.664. The topological polar surface area (TPSA) is 9.86 Å². The lowest BCUT2D eigenvalue weighted by molar-refractivity contribution is 0.583. The van der Waals surface area contributed by atoms with Crippen molar-refractivity contribution in [2.75, 3.05) is 0 Å². The summed E-state index contributed by atoms with van der Waals surface area (Å²) in [4.78, 5) is 0. The lowest BCUT2D eigenvalue weighted by Gasteiger charge is -2.45. The third-order valence-electron chi connectivity index (χ3n) is 18.8. The summed E-state index contributed by atoms with van der Waals surface area (Å²) >= 11 is 0. The van der Waals surface area contributed by atoms with Crippen LogP contribution in [0, 0.1) is 0 Å². The van der Waals surface area contributed by atoms with Gasteiger partial charge in [-0.2, -0.15) is 0 Å². The van der Waals surface area contributed by atoms with E-state index in [0.29, 0.717) is 0 Å². The number of aromatic nitrogens is 2. The maximum Gasteiger partial charge on any atom is 0.252 e. The van der Waals surface area contributed by atoms with Crippen molar-refractivity contribution in [3.63, 3.8) is 0 Å². The summed E-state index contributed by atoms with van der Waals surface area (Å²) in [5.74, 6) is 0. The number of hydrogen-bond acceptors (Lipinski definition) is 0. The van der Waals surface area contributed by atoms with Crippen molar-refractivity contribution in [1.82, 2.24) is 9.13 Å². The molecule has 0 amide bonds. The molecule has 0 saturated carbocycles. The first kappa shape index (κ1) is 47.8. The van der Waals surface area contributed by atoms with Crippen LogP contribution in [0.4, 0.5) is 0 Å². The summed E-state index contributed by atoms with van der Waals surface area (Å²) in [6.07, 6.45) is 0. The average molecular weight is 991 g/mol. The fourth-order valence-corrected chi connectivity index (χ4v) is 14.5. The second-order valence-corrected chi connectivity index (χ2v) is 29.9. The van der Waals surface area contributed by atoms with Crippen molar-refractivity contribution in [3.05, 3.63) is 183 Å². The van der Waals surface area contributed by atoms with Crippen LogP contribution in [0.2, 0.25) is 0 Å². The van der Waals surface area contributed by atoms with Crippen molar-refractivity contribution in [1.29, 1.82) is 0 Å². The Bertz CT molecular complexity index is 4190. The molecule has 380 valence electrons. The van der Waals surface area contributed by atoms with E-state index in [1.54, 1.807) is 0 Å². The highest BCUT2D eigenvalue weighted by atomic mass is 15.1. The van der Waals surface area contributed by atoms with Gasteiger partial charge in [0.15, 0.2) is 0 Å². The first-order valence-corrected chi connectivity index (χ1v) is 28.4. The second-order valence-electron chi connectivity index (χ2n) is 29.9. The van der Waals surface area contributed by atoms with Crippen molar-refractivity contribution < 1.29 is 0 Å². The number of benzene rings is 8. The number of rotatable bonds is 1. The van der Waals surface area contributed by atoms with Crippen molar-refractivity contribution in [2.24, 2.45) is 0 Å². The minimum absolute atomic E-state index is 0.0130. The highest BCUT2D eigenvalue weighted by Crippen LogP contribution is 2.64. The van der Waals surface area contributed by atoms with E-state index in [1.807, 2.05) is 0 Å². The van der Waals surface area contributed by atoms with Crippen LogP contribution in [0.3, 0.4) is 0 Å². The van der Waals surface area contributed by atoms with E-state index in [1.165, 1.54) is 149 Å². The van der Waals surface area contributed by atoms with E-state index in [-0.39, 0.29) is 39.2 Å². The van der Waals surface area contributed by atoms with Gasteiger partial charge in [0.1, 0.15) is 0 Å². The van der Waals surface area contributed by atoms with Crippen LogP contribution in [0.5, 0.6) is 0 Å². The van der Waals surface area contributed by atoms with Crippen molar-refractivity contribution >= 4 is 66.7 Å². The van der Waals surface area contributed by atoms with Crippen LogP contribution >= 0.6 is 0 Å². The number of hydrogen-bond donors (Lipinski definition) is 0. The quantitative estimate of drug-likeness (QED) is 0.145. The zero-order valence-electron chi connectivity index (χ0n) is 48.6. The fraction of sp³-hybridized carbons (Fsp3) is 0.342. The molecule has 0 bridgehead atoms. The van der Waals surface area contributed by atoms with Gasteiger partial charge in [-0.3, -0.25) is 0 Å². The van der Waals surface area contributed by atoms with E-state index in [4.69, 9.17) is 0 Å². The molecule has 1 spiro atoms. The fourth-order valence-electron chi connectivity index (χ4n) is 14.5. The summed E-state index contributed by atoms with van der Waals surface area (Å²) < 4.78 is 5.58. The molecule has 1 aliphatic carbocycles. The van der Waals surface area contributed by atoms with E-state index in [0.717, 1.165) is 0 Å². The molecule has 0 unspecified atom stereocenters. The summed E-state index contributed by atoms with van der Waals surface area (Å²) in [7, 11) is 0. The molecule has 3 aliphatic heterocycles. The molecule has 2 aromatic heterocycles. The molecule has 10 aromatic rings. The molecule has 0 fully saturated rings. The molecular formula is C73H75BN2. The standard InChI is InChI=1S/C73H75BN2/c1-67(2,3)41-26-29-60-50(30-41)51-32-45(71(13,14)15)37-58-63(51)75(60)65-49(40-22-20-19-21-23-40)39-57-66-61(65)74(58)59-38-46(72(16,17)18)33-53-52-31-44(70(10,11)12)36-56(62(52)76(66)64(53)59)73(57)54-34-42(68(4,5)6)24-27-47(54)48-28-25-43(35-55(48)73)69(7,8)9/h19-39H,1-18H3. The van der Waals surface area contributed by atoms with Crippen LogP contribution in [-0.4, -0.2) is 15.8 Å². The minimum Gasteiger partial charge on any atom is -0.310 e. The zero-order chi connectivity index (χ0) is 53.7. The van der Waals surface area contributed by atoms with E-state index in [2.05, 4.69) is 261 Å². The van der Waals surface area contributed by atoms with E-state index in [9.17, 15) is 0 Å². The summed E-state index contributed by atoms with van der Waals surface area (Å²) in [6, 6.07) is 52.5. The third kappa shape index (κ3) is 6.12. The Kier molecular flexibility index (Phi) is 9.13. The molecule has 3 heteroatoms. The van der Waals surface area contributed by atoms with Gasteiger partial charge < -0.3 is 9.13 Å². The van der Waals surface area contributed by atoms with Gasteiger partial charge in [0.25, 0.3) is 6.71 Å². The molecule has 14 rings (SSSR count). The van der Waals surface area contributed by atoms with Crippen LogP contribution < -0.4 is 16.4 Å². The van der Waals surface area contributed by atoms with E-state index < -0.39 is 5.41 Å². The second kappa shape index (κ2) is 14.5. The van der Waals surface area contributed by atoms with Crippen LogP contribution in [0.15, 0.2) is 127 Å². The van der Waals surface area contributed by atoms with Gasteiger partial charge in [0, 0.05) is 43.8 Å². The Morgan fingerprint density at radius 3 is 1.26 bits per heavy atom. The maximum absolute atomic E-state index is 2.83. The zero-order valence-corrected chi connectivity index (χ0v) is 48.6. The van der Waals surface area contributed by atoms with Gasteiger partial charge in [-0.25, -0.2) is 0 Å². The normalized spacial score (nSPS) is 15.3. The molecular weight excluding hydrogens is 916 g/mol. The third-order valence-corrected chi connectivity index (χ3v) is 18.8. The predicted molar refractivity (Wildman–Crippen MR) is 328 cm³/mol. The molecule has 8 aromatic carbocycles. The molecule has 0 N–H and O–H groups in total. The molecule has 4 aliphatic rings. The number of nitrogens with zero attached hydrogens (tertiary/aromatic N) is 2. The van der Waals surface area contributed by atoms with Crippen molar-refractivity contribution in [3.8, 4) is 33.6 Å². The summed E-state index contributed by atoms with van der Waals surface area (Å²) in [6.45, 7) is 43.2. The van der Waals surface area contributed by atoms with Gasteiger partial charge in [-0.15, -0.1) is 0 Å². The lowest BCUT2D eigenvalue weighted by Crippen LogP contribution is -2.61. The van der Waals surface area contributed by atoms with Crippen LogP contribution in [0.1, 0.15) is 180 Å². The van der Waals surface area contributed by atoms with Gasteiger partial charge in [-0.05, 0) is 158 Å². The van der Waals surface area contributed by atoms with Crippen LogP contribution in [0.25, 0.3) is 77.2 Å². The predicted octanol–water partition coefficient (Wildman–Crippen LogP) is 17.2. The monoisotopic (exact) mass is 991 g/mol. The Labute approximate surface area is 452 Å². The molecule has 0 radical (unpaired) electrons. The Morgan fingerprint density at radius 1 is 0.329 bits per heavy atom. The van der Waals surface area contributed by atoms with Crippen LogP contribution in [-0.2, 0) is 37.9 Å². The maximum atomic E-state index is 2.83. The summed E-state index contributed by atoms with van der Waals surface area (Å²) in [5.41, 5.74) is 30.4. The molecule has 76 heavy (non-hydrogen) atoms. The average Bonchev–Trinajstić information content (AvgIpc) is 3.73. The Morgan fingerprint density at radius 2 is 0.750 bits per heavy atom. The molecule has 0 saturated heterocycles. The largest absolute Gasteiger partial charge is 0.310 e. The lowest BCUT2D eigenvalue weighted by atomic mass is 9.33. The summed E-state index contributed by atoms with van der Waals surface area (Å²) in [5, 5.41) is 5.45. The van der Waals surface area contributed by atoms with Gasteiger partial charge >= 0.3 is 0 Å². The smallest absolute Gasteiger partial charge is 0.252 e. The molecule has 0 atom stereocenters. The van der Waals surface area contributed by atoms with Gasteiger partial charge in [0.05, 0.1) is 22.1 Å².